The molecule has 1 unspecified atom stereocenters. The fraction of sp³-hybridized carbons (Fsp3) is 0.250. The molecule has 0 fully saturated rings. The van der Waals surface area contributed by atoms with Gasteiger partial charge in [0.1, 0.15) is 0 Å². The molecule has 3 heteroatoms. The lowest BCUT2D eigenvalue weighted by atomic mass is 9.77. The van der Waals surface area contributed by atoms with Gasteiger partial charge in [0.05, 0.1) is 5.69 Å². The predicted molar refractivity (Wildman–Crippen MR) is 88.0 cm³/mol. The third-order valence-corrected chi connectivity index (χ3v) is 4.92. The number of nitrogens with one attached hydrogen (secondary N) is 1. The quantitative estimate of drug-likeness (QED) is 0.764. The van der Waals surface area contributed by atoms with Gasteiger partial charge < -0.3 is 5.32 Å². The highest BCUT2D eigenvalue weighted by Gasteiger charge is 2.25. The van der Waals surface area contributed by atoms with Gasteiger partial charge in [-0.25, -0.2) is 0 Å². The van der Waals surface area contributed by atoms with Crippen LogP contribution in [0.4, 0.5) is 5.69 Å². The monoisotopic (exact) mass is 379 g/mol. The normalized spacial score (nSPS) is 16.7. The molecule has 0 amide bonds. The van der Waals surface area contributed by atoms with Gasteiger partial charge in [0.15, 0.2) is 0 Å². The van der Waals surface area contributed by atoms with Crippen LogP contribution in [-0.4, -0.2) is 6.54 Å². The van der Waals surface area contributed by atoms with E-state index in [-0.39, 0.29) is 0 Å². The number of hydrogen-bond acceptors (Lipinski definition) is 1. The number of halogens is 2. The van der Waals surface area contributed by atoms with E-state index < -0.39 is 0 Å². The summed E-state index contributed by atoms with van der Waals surface area (Å²) in [6, 6.07) is 13.0. The van der Waals surface area contributed by atoms with Crippen LogP contribution in [0.15, 0.2) is 45.3 Å². The number of aryl methyl sites for hydroxylation is 1. The molecule has 0 spiro atoms. The van der Waals surface area contributed by atoms with Crippen molar-refractivity contribution in [1.29, 1.82) is 0 Å². The highest BCUT2D eigenvalue weighted by atomic mass is 79.9. The first-order valence-electron chi connectivity index (χ1n) is 6.42. The number of rotatable bonds is 3. The van der Waals surface area contributed by atoms with Crippen LogP contribution in [0.2, 0.25) is 0 Å². The van der Waals surface area contributed by atoms with Crippen LogP contribution < -0.4 is 5.32 Å². The zero-order valence-corrected chi connectivity index (χ0v) is 13.9. The second-order valence-electron chi connectivity index (χ2n) is 5.08. The number of benzene rings is 2. The van der Waals surface area contributed by atoms with E-state index in [1.54, 1.807) is 0 Å². The van der Waals surface area contributed by atoms with Gasteiger partial charge in [-0.1, -0.05) is 24.3 Å². The molecule has 1 aliphatic rings. The third kappa shape index (κ3) is 2.59. The molecule has 1 aliphatic carbocycles. The molecule has 1 N–H and O–H groups in total. The molecular formula is C16H15Br2N. The molecule has 0 bridgehead atoms. The first-order valence-corrected chi connectivity index (χ1v) is 8.01. The second-order valence-corrected chi connectivity index (χ2v) is 6.79. The third-order valence-electron chi connectivity index (χ3n) is 3.67. The van der Waals surface area contributed by atoms with E-state index in [1.165, 1.54) is 23.1 Å². The Labute approximate surface area is 130 Å². The number of anilines is 1. The van der Waals surface area contributed by atoms with Crippen LogP contribution in [-0.2, 0) is 6.42 Å². The van der Waals surface area contributed by atoms with Crippen molar-refractivity contribution in [3.05, 3.63) is 62.0 Å². The summed E-state index contributed by atoms with van der Waals surface area (Å²) >= 11 is 7.25. The minimum absolute atomic E-state index is 0.635. The average molecular weight is 381 g/mol. The lowest BCUT2D eigenvalue weighted by molar-refractivity contribution is 0.635. The molecule has 1 atom stereocenters. The fourth-order valence-corrected chi connectivity index (χ4v) is 4.33. The Morgan fingerprint density at radius 3 is 2.53 bits per heavy atom. The molecular weight excluding hydrogens is 366 g/mol. The summed E-state index contributed by atoms with van der Waals surface area (Å²) in [5.74, 6) is 0.635. The number of hydrogen-bond donors (Lipinski definition) is 1. The summed E-state index contributed by atoms with van der Waals surface area (Å²) in [5, 5.41) is 3.56. The van der Waals surface area contributed by atoms with Crippen LogP contribution in [0.3, 0.4) is 0 Å². The molecule has 98 valence electrons. The van der Waals surface area contributed by atoms with Gasteiger partial charge in [0.2, 0.25) is 0 Å². The fourth-order valence-electron chi connectivity index (χ4n) is 2.64. The van der Waals surface area contributed by atoms with Gasteiger partial charge in [-0.15, -0.1) is 0 Å². The molecule has 19 heavy (non-hydrogen) atoms. The van der Waals surface area contributed by atoms with Gasteiger partial charge in [0, 0.05) is 21.4 Å². The molecule has 2 aromatic rings. The summed E-state index contributed by atoms with van der Waals surface area (Å²) in [4.78, 5) is 0. The maximum atomic E-state index is 3.63. The molecule has 0 radical (unpaired) electrons. The summed E-state index contributed by atoms with van der Waals surface area (Å²) in [6.45, 7) is 3.08. The second kappa shape index (κ2) is 5.29. The standard InChI is InChI=1S/C16H15Br2N/c1-10-6-14(17)16(15(18)7-10)19-9-12-8-11-4-2-3-5-13(11)12/h2-7,12,19H,8-9H2,1H3. The zero-order valence-electron chi connectivity index (χ0n) is 10.7. The molecule has 0 saturated carbocycles. The Morgan fingerprint density at radius 1 is 1.16 bits per heavy atom. The van der Waals surface area contributed by atoms with Crippen molar-refractivity contribution in [3.8, 4) is 0 Å². The maximum Gasteiger partial charge on any atom is 0.0629 e. The summed E-state index contributed by atoms with van der Waals surface area (Å²) in [6.07, 6.45) is 1.18. The molecule has 2 aromatic carbocycles. The van der Waals surface area contributed by atoms with Gasteiger partial charge in [-0.3, -0.25) is 0 Å². The Bertz CT molecular complexity index is 599. The Hall–Kier alpha value is -0.800. The molecule has 0 aliphatic heterocycles. The van der Waals surface area contributed by atoms with E-state index in [2.05, 4.69) is 80.5 Å². The molecule has 0 heterocycles. The molecule has 0 aromatic heterocycles. The van der Waals surface area contributed by atoms with Gasteiger partial charge in [-0.05, 0) is 74.0 Å². The van der Waals surface area contributed by atoms with E-state index in [1.807, 2.05) is 0 Å². The van der Waals surface area contributed by atoms with Crippen molar-refractivity contribution in [2.75, 3.05) is 11.9 Å². The maximum absolute atomic E-state index is 3.63. The van der Waals surface area contributed by atoms with Crippen LogP contribution in [0.1, 0.15) is 22.6 Å². The zero-order chi connectivity index (χ0) is 13.4. The van der Waals surface area contributed by atoms with Crippen molar-refractivity contribution in [3.63, 3.8) is 0 Å². The topological polar surface area (TPSA) is 12.0 Å². The van der Waals surface area contributed by atoms with Crippen LogP contribution in [0.5, 0.6) is 0 Å². The van der Waals surface area contributed by atoms with E-state index in [0.717, 1.165) is 21.2 Å². The first-order chi connectivity index (χ1) is 9.15. The van der Waals surface area contributed by atoms with Crippen LogP contribution in [0.25, 0.3) is 0 Å². The van der Waals surface area contributed by atoms with E-state index in [0.29, 0.717) is 5.92 Å². The molecule has 1 nitrogen and oxygen atoms in total. The molecule has 0 saturated heterocycles. The smallest absolute Gasteiger partial charge is 0.0629 e. The van der Waals surface area contributed by atoms with Gasteiger partial charge in [-0.2, -0.15) is 0 Å². The predicted octanol–water partition coefficient (Wildman–Crippen LogP) is 5.27. The van der Waals surface area contributed by atoms with Crippen molar-refractivity contribution in [2.45, 2.75) is 19.3 Å². The Kier molecular flexibility index (Phi) is 3.68. The average Bonchev–Trinajstić information content (AvgIpc) is 2.33. The minimum atomic E-state index is 0.635. The van der Waals surface area contributed by atoms with Gasteiger partial charge in [0.25, 0.3) is 0 Å². The van der Waals surface area contributed by atoms with Crippen LogP contribution >= 0.6 is 31.9 Å². The summed E-state index contributed by atoms with van der Waals surface area (Å²) in [5.41, 5.74) is 5.39. The lowest BCUT2D eigenvalue weighted by Crippen LogP contribution is -2.24. The van der Waals surface area contributed by atoms with Crippen molar-refractivity contribution in [1.82, 2.24) is 0 Å². The largest absolute Gasteiger partial charge is 0.383 e. The highest BCUT2D eigenvalue weighted by Crippen LogP contribution is 2.37. The van der Waals surface area contributed by atoms with Crippen molar-refractivity contribution >= 4 is 37.5 Å². The Morgan fingerprint density at radius 2 is 1.84 bits per heavy atom. The summed E-state index contributed by atoms with van der Waals surface area (Å²) in [7, 11) is 0. The van der Waals surface area contributed by atoms with Crippen LogP contribution in [0, 0.1) is 6.92 Å². The lowest BCUT2D eigenvalue weighted by Gasteiger charge is -2.30. The van der Waals surface area contributed by atoms with E-state index in [4.69, 9.17) is 0 Å². The number of fused-ring (bicyclic) bond motifs is 1. The summed E-state index contributed by atoms with van der Waals surface area (Å²) < 4.78 is 2.24. The highest BCUT2D eigenvalue weighted by molar-refractivity contribution is 9.11. The Balaban J connectivity index is 1.72. The SMILES string of the molecule is Cc1cc(Br)c(NCC2Cc3ccccc32)c(Br)c1. The minimum Gasteiger partial charge on any atom is -0.383 e. The van der Waals surface area contributed by atoms with Gasteiger partial charge >= 0.3 is 0 Å². The molecule has 3 rings (SSSR count). The van der Waals surface area contributed by atoms with Crippen molar-refractivity contribution < 1.29 is 0 Å². The van der Waals surface area contributed by atoms with Crippen molar-refractivity contribution in [2.24, 2.45) is 0 Å². The first kappa shape index (κ1) is 13.2. The van der Waals surface area contributed by atoms with E-state index >= 15 is 0 Å². The van der Waals surface area contributed by atoms with E-state index in [9.17, 15) is 0 Å².